The molecule has 0 unspecified atom stereocenters. The Bertz CT molecular complexity index is 633. The molecule has 3 rings (SSSR count). The van der Waals surface area contributed by atoms with Crippen LogP contribution in [-0.2, 0) is 4.79 Å². The van der Waals surface area contributed by atoms with E-state index in [0.29, 0.717) is 17.6 Å². The molecule has 0 spiro atoms. The summed E-state index contributed by atoms with van der Waals surface area (Å²) in [6.07, 6.45) is 5.62. The summed E-state index contributed by atoms with van der Waals surface area (Å²) in [4.78, 5) is 25.8. The number of fused-ring (bicyclic) bond motifs is 1. The van der Waals surface area contributed by atoms with Crippen molar-refractivity contribution in [2.24, 2.45) is 5.92 Å². The lowest BCUT2D eigenvalue weighted by Gasteiger charge is -2.24. The molecule has 2 amide bonds. The second kappa shape index (κ2) is 6.89. The average Bonchev–Trinajstić information content (AvgIpc) is 3.00. The van der Waals surface area contributed by atoms with Crippen LogP contribution in [0.3, 0.4) is 0 Å². The fraction of sp³-hybridized carbons (Fsp3) is 0.556. The van der Waals surface area contributed by atoms with Crippen molar-refractivity contribution in [2.75, 3.05) is 19.4 Å². The Balaban J connectivity index is 1.68. The quantitative estimate of drug-likeness (QED) is 0.893. The van der Waals surface area contributed by atoms with Crippen LogP contribution in [0.2, 0.25) is 0 Å². The zero-order valence-electron chi connectivity index (χ0n) is 14.1. The number of nitrogens with zero attached hydrogens (tertiary/aromatic N) is 1. The molecule has 0 bridgehead atoms. The first-order valence-corrected chi connectivity index (χ1v) is 8.54. The molecule has 2 fully saturated rings. The minimum Gasteiger partial charge on any atom is -0.345 e. The van der Waals surface area contributed by atoms with Crippen molar-refractivity contribution in [3.63, 3.8) is 0 Å². The summed E-state index contributed by atoms with van der Waals surface area (Å²) in [6.45, 7) is 0. The number of nitrogens with one attached hydrogen (secondary N) is 2. The van der Waals surface area contributed by atoms with Crippen LogP contribution in [0.1, 0.15) is 42.5 Å². The van der Waals surface area contributed by atoms with E-state index in [9.17, 15) is 14.0 Å². The number of hydrogen-bond donors (Lipinski definition) is 2. The van der Waals surface area contributed by atoms with Gasteiger partial charge in [0.1, 0.15) is 5.82 Å². The summed E-state index contributed by atoms with van der Waals surface area (Å²) in [6, 6.07) is 4.33. The first-order valence-electron chi connectivity index (χ1n) is 8.54. The second-order valence-corrected chi connectivity index (χ2v) is 6.99. The maximum Gasteiger partial charge on any atom is 0.256 e. The molecule has 24 heavy (non-hydrogen) atoms. The topological polar surface area (TPSA) is 61.4 Å². The molecule has 1 aliphatic carbocycles. The molecular weight excluding hydrogens is 309 g/mol. The van der Waals surface area contributed by atoms with Gasteiger partial charge in [-0.2, -0.15) is 0 Å². The van der Waals surface area contributed by atoms with E-state index in [-0.39, 0.29) is 17.5 Å². The van der Waals surface area contributed by atoms with Crippen molar-refractivity contribution in [2.45, 2.75) is 44.2 Å². The van der Waals surface area contributed by atoms with Crippen molar-refractivity contribution in [1.82, 2.24) is 10.2 Å². The molecule has 5 nitrogen and oxygen atoms in total. The van der Waals surface area contributed by atoms with E-state index in [1.807, 2.05) is 0 Å². The number of rotatable bonds is 3. The Kier molecular flexibility index (Phi) is 4.85. The number of carbonyl (C=O) groups excluding carboxylic acids is 2. The van der Waals surface area contributed by atoms with Gasteiger partial charge < -0.3 is 15.5 Å². The molecule has 6 heteroatoms. The van der Waals surface area contributed by atoms with Crippen molar-refractivity contribution in [3.8, 4) is 0 Å². The lowest BCUT2D eigenvalue weighted by atomic mass is 9.85. The number of halogens is 1. The predicted octanol–water partition coefficient (Wildman–Crippen LogP) is 2.39. The van der Waals surface area contributed by atoms with Gasteiger partial charge in [-0.05, 0) is 43.4 Å². The number of carbonyl (C=O) groups is 2. The van der Waals surface area contributed by atoms with Gasteiger partial charge in [0, 0.05) is 25.8 Å². The zero-order chi connectivity index (χ0) is 17.3. The third-order valence-corrected chi connectivity index (χ3v) is 5.05. The van der Waals surface area contributed by atoms with Crippen LogP contribution < -0.4 is 10.6 Å². The number of amides is 2. The van der Waals surface area contributed by atoms with Crippen molar-refractivity contribution < 1.29 is 14.0 Å². The van der Waals surface area contributed by atoms with Crippen molar-refractivity contribution in [1.29, 1.82) is 0 Å². The maximum absolute atomic E-state index is 13.8. The van der Waals surface area contributed by atoms with Gasteiger partial charge in [0.2, 0.25) is 5.91 Å². The van der Waals surface area contributed by atoms with E-state index in [2.05, 4.69) is 10.6 Å². The number of benzene rings is 1. The predicted molar refractivity (Wildman–Crippen MR) is 90.3 cm³/mol. The summed E-state index contributed by atoms with van der Waals surface area (Å²) in [5, 5.41) is 6.23. The van der Waals surface area contributed by atoms with Crippen LogP contribution in [0, 0.1) is 11.7 Å². The van der Waals surface area contributed by atoms with Gasteiger partial charge in [0.05, 0.1) is 11.6 Å². The highest BCUT2D eigenvalue weighted by molar-refractivity contribution is 5.98. The van der Waals surface area contributed by atoms with Gasteiger partial charge in [-0.25, -0.2) is 4.39 Å². The third-order valence-electron chi connectivity index (χ3n) is 5.05. The summed E-state index contributed by atoms with van der Waals surface area (Å²) in [5.41, 5.74) is 0.411. The molecule has 1 saturated carbocycles. The lowest BCUT2D eigenvalue weighted by Crippen LogP contribution is -2.39. The Morgan fingerprint density at radius 2 is 2.00 bits per heavy atom. The zero-order valence-corrected chi connectivity index (χ0v) is 14.1. The largest absolute Gasteiger partial charge is 0.345 e. The van der Waals surface area contributed by atoms with Crippen LogP contribution in [0.5, 0.6) is 0 Å². The Morgan fingerprint density at radius 3 is 2.71 bits per heavy atom. The molecule has 1 aliphatic heterocycles. The summed E-state index contributed by atoms with van der Waals surface area (Å²) < 4.78 is 13.8. The van der Waals surface area contributed by atoms with Gasteiger partial charge >= 0.3 is 0 Å². The molecule has 2 N–H and O–H groups in total. The maximum atomic E-state index is 13.8. The van der Waals surface area contributed by atoms with E-state index >= 15 is 0 Å². The Hall–Kier alpha value is -1.95. The molecule has 0 radical (unpaired) electrons. The lowest BCUT2D eigenvalue weighted by molar-refractivity contribution is -0.117. The molecule has 0 aromatic heterocycles. The molecular formula is C18H24FN3O2. The summed E-state index contributed by atoms with van der Waals surface area (Å²) in [5.74, 6) is -0.543. The van der Waals surface area contributed by atoms with E-state index in [1.165, 1.54) is 42.4 Å². The summed E-state index contributed by atoms with van der Waals surface area (Å²) >= 11 is 0. The van der Waals surface area contributed by atoms with E-state index in [1.54, 1.807) is 14.1 Å². The van der Waals surface area contributed by atoms with E-state index in [4.69, 9.17) is 0 Å². The minimum atomic E-state index is -0.586. The van der Waals surface area contributed by atoms with Gasteiger partial charge in [-0.3, -0.25) is 9.59 Å². The first-order chi connectivity index (χ1) is 11.5. The average molecular weight is 333 g/mol. The van der Waals surface area contributed by atoms with Crippen LogP contribution in [0.15, 0.2) is 18.2 Å². The van der Waals surface area contributed by atoms with Gasteiger partial charge in [-0.15, -0.1) is 0 Å². The normalized spacial score (nSPS) is 25.9. The molecule has 2 aliphatic rings. The molecule has 1 aromatic carbocycles. The SMILES string of the molecule is CN(C)C(=O)c1cc(NC(=O)[C@@H]2C[C@@H]3CCCC[C@H]3N2)ccc1F. The number of anilines is 1. The molecule has 130 valence electrons. The van der Waals surface area contributed by atoms with Crippen molar-refractivity contribution in [3.05, 3.63) is 29.6 Å². The fourth-order valence-corrected chi connectivity index (χ4v) is 3.76. The van der Waals surface area contributed by atoms with Crippen LogP contribution in [0.4, 0.5) is 10.1 Å². The smallest absolute Gasteiger partial charge is 0.256 e. The molecule has 3 atom stereocenters. The molecule has 1 saturated heterocycles. The highest BCUT2D eigenvalue weighted by Crippen LogP contribution is 2.33. The highest BCUT2D eigenvalue weighted by Gasteiger charge is 2.38. The first kappa shape index (κ1) is 16.9. The van der Waals surface area contributed by atoms with Crippen LogP contribution >= 0.6 is 0 Å². The highest BCUT2D eigenvalue weighted by atomic mass is 19.1. The standard InChI is InChI=1S/C18H24FN3O2/c1-22(2)18(24)13-10-12(7-8-14(13)19)20-17(23)16-9-11-5-3-4-6-15(11)21-16/h7-8,10-11,15-16,21H,3-6,9H2,1-2H3,(H,20,23)/t11-,15+,16-/m0/s1. The Morgan fingerprint density at radius 1 is 1.25 bits per heavy atom. The van der Waals surface area contributed by atoms with Crippen molar-refractivity contribution >= 4 is 17.5 Å². The molecule has 1 heterocycles. The van der Waals surface area contributed by atoms with Crippen LogP contribution in [-0.4, -0.2) is 42.9 Å². The number of hydrogen-bond acceptors (Lipinski definition) is 3. The van der Waals surface area contributed by atoms with Gasteiger partial charge in [0.15, 0.2) is 0 Å². The van der Waals surface area contributed by atoms with Gasteiger partial charge in [0.25, 0.3) is 5.91 Å². The monoisotopic (exact) mass is 333 g/mol. The minimum absolute atomic E-state index is 0.0362. The fourth-order valence-electron chi connectivity index (χ4n) is 3.76. The Labute approximate surface area is 141 Å². The molecule has 1 aromatic rings. The van der Waals surface area contributed by atoms with Gasteiger partial charge in [-0.1, -0.05) is 12.8 Å². The summed E-state index contributed by atoms with van der Waals surface area (Å²) in [7, 11) is 3.13. The second-order valence-electron chi connectivity index (χ2n) is 6.99. The third kappa shape index (κ3) is 3.43. The van der Waals surface area contributed by atoms with Crippen LogP contribution in [0.25, 0.3) is 0 Å². The van der Waals surface area contributed by atoms with E-state index in [0.717, 1.165) is 12.8 Å². The van der Waals surface area contributed by atoms with E-state index < -0.39 is 11.7 Å².